The van der Waals surface area contributed by atoms with Crippen LogP contribution in [0.1, 0.15) is 142 Å². The lowest BCUT2D eigenvalue weighted by molar-refractivity contribution is -0.136. The predicted molar refractivity (Wildman–Crippen MR) is 321 cm³/mol. The van der Waals surface area contributed by atoms with Gasteiger partial charge in [0, 0.05) is 32.4 Å². The highest BCUT2D eigenvalue weighted by Crippen LogP contribution is 2.39. The molecule has 400 valence electrons. The van der Waals surface area contributed by atoms with Crippen molar-refractivity contribution in [3.8, 4) is 67.1 Å². The molecular weight excluding hydrogens is 951 g/mol. The van der Waals surface area contributed by atoms with Crippen molar-refractivity contribution in [2.24, 2.45) is 0 Å². The van der Waals surface area contributed by atoms with Crippen molar-refractivity contribution >= 4 is 30.3 Å². The third-order valence-electron chi connectivity index (χ3n) is 16.0. The highest BCUT2D eigenvalue weighted by Gasteiger charge is 2.45. The van der Waals surface area contributed by atoms with Crippen LogP contribution >= 0.6 is 0 Å². The van der Waals surface area contributed by atoms with E-state index in [1.165, 1.54) is 162 Å². The molecule has 0 atom stereocenters. The maximum atomic E-state index is 11.7. The van der Waals surface area contributed by atoms with Crippen LogP contribution in [0.15, 0.2) is 146 Å². The van der Waals surface area contributed by atoms with E-state index >= 15 is 0 Å². The molecular formula is C69H85NO5Si. The standard InChI is InChI=1S/C69H85NO5Si/c1-4-6-8-10-16-22-50-76(51-23-17-11-9-7-5-2)66-52-60(58-28-24-54(25-29-58)56-32-38-62(39-33-56)74-48-19-15-13-12-14-18-46-70-68(71)44-45-69(70)72)36-42-64(66)65-43-37-61(53-67(65)76)59-30-26-55(27-31-59)57-34-40-63(41-35-57)75-49-21-20-47-73-3/h24-45,52-53H,4-23,46-51H2,1-3H3. The number of hydrogen-bond donors (Lipinski definition) is 0. The maximum Gasteiger partial charge on any atom is 0.253 e. The lowest BCUT2D eigenvalue weighted by Gasteiger charge is -2.31. The van der Waals surface area contributed by atoms with Crippen molar-refractivity contribution in [1.82, 2.24) is 4.90 Å². The quantitative estimate of drug-likeness (QED) is 0.0229. The number of rotatable bonds is 34. The van der Waals surface area contributed by atoms with Crippen molar-refractivity contribution in [2.45, 2.75) is 154 Å². The zero-order valence-corrected chi connectivity index (χ0v) is 47.2. The van der Waals surface area contributed by atoms with Gasteiger partial charge in [-0.3, -0.25) is 14.5 Å². The number of carbonyl (C=O) groups excluding carboxylic acids is 2. The fourth-order valence-electron chi connectivity index (χ4n) is 11.6. The Bertz CT molecular complexity index is 2730. The van der Waals surface area contributed by atoms with Crippen molar-refractivity contribution < 1.29 is 23.8 Å². The molecule has 0 radical (unpaired) electrons. The molecule has 2 heterocycles. The molecule has 2 aliphatic rings. The Kier molecular flexibility index (Phi) is 21.8. The van der Waals surface area contributed by atoms with E-state index in [9.17, 15) is 9.59 Å². The van der Waals surface area contributed by atoms with Gasteiger partial charge in [-0.25, -0.2) is 0 Å². The number of hydrogen-bond acceptors (Lipinski definition) is 5. The zero-order valence-electron chi connectivity index (χ0n) is 46.2. The minimum atomic E-state index is -2.18. The molecule has 0 fully saturated rings. The molecule has 0 unspecified atom stereocenters. The third kappa shape index (κ3) is 15.1. The van der Waals surface area contributed by atoms with Crippen LogP contribution < -0.4 is 19.8 Å². The van der Waals surface area contributed by atoms with E-state index in [2.05, 4.69) is 147 Å². The molecule has 76 heavy (non-hydrogen) atoms. The van der Waals surface area contributed by atoms with Crippen LogP contribution in [0, 0.1) is 0 Å². The Morgan fingerprint density at radius 2 is 0.697 bits per heavy atom. The lowest BCUT2D eigenvalue weighted by atomic mass is 9.96. The number of unbranched alkanes of at least 4 members (excludes halogenated alkanes) is 16. The molecule has 6 aromatic carbocycles. The first-order valence-corrected chi connectivity index (χ1v) is 31.8. The summed E-state index contributed by atoms with van der Waals surface area (Å²) in [5.41, 5.74) is 13.0. The summed E-state index contributed by atoms with van der Waals surface area (Å²) < 4.78 is 17.3. The van der Waals surface area contributed by atoms with Crippen molar-refractivity contribution in [1.29, 1.82) is 0 Å². The molecule has 0 N–H and O–H groups in total. The second-order valence-electron chi connectivity index (χ2n) is 21.5. The number of fused-ring (bicyclic) bond motifs is 3. The molecule has 2 amide bonds. The molecule has 7 heteroatoms. The highest BCUT2D eigenvalue weighted by atomic mass is 28.3. The molecule has 8 rings (SSSR count). The summed E-state index contributed by atoms with van der Waals surface area (Å²) in [4.78, 5) is 24.8. The molecule has 6 nitrogen and oxygen atoms in total. The van der Waals surface area contributed by atoms with E-state index in [-0.39, 0.29) is 11.8 Å². The normalized spacial score (nSPS) is 13.4. The van der Waals surface area contributed by atoms with E-state index in [1.807, 2.05) is 0 Å². The summed E-state index contributed by atoms with van der Waals surface area (Å²) in [6.07, 6.45) is 26.8. The smallest absolute Gasteiger partial charge is 0.253 e. The minimum absolute atomic E-state index is 0.185. The van der Waals surface area contributed by atoms with Gasteiger partial charge in [-0.2, -0.15) is 0 Å². The zero-order chi connectivity index (χ0) is 52.8. The number of amides is 2. The summed E-state index contributed by atoms with van der Waals surface area (Å²) in [5, 5.41) is 3.33. The van der Waals surface area contributed by atoms with Gasteiger partial charge in [-0.1, -0.05) is 226 Å². The van der Waals surface area contributed by atoms with Crippen LogP contribution in [0.2, 0.25) is 12.1 Å². The highest BCUT2D eigenvalue weighted by molar-refractivity contribution is 7.05. The fourth-order valence-corrected chi connectivity index (χ4v) is 17.2. The Balaban J connectivity index is 0.955. The van der Waals surface area contributed by atoms with Crippen LogP contribution in [0.4, 0.5) is 0 Å². The van der Waals surface area contributed by atoms with E-state index in [0.717, 1.165) is 69.5 Å². The summed E-state index contributed by atoms with van der Waals surface area (Å²) in [6.45, 7) is 7.34. The molecule has 6 aromatic rings. The van der Waals surface area contributed by atoms with Gasteiger partial charge in [-0.15, -0.1) is 0 Å². The molecule has 2 aliphatic heterocycles. The lowest BCUT2D eigenvalue weighted by Crippen LogP contribution is -2.55. The Morgan fingerprint density at radius 3 is 1.12 bits per heavy atom. The Hall–Kier alpha value is -6.02. The second-order valence-corrected chi connectivity index (χ2v) is 25.8. The average Bonchev–Trinajstić information content (AvgIpc) is 3.97. The number of imide groups is 1. The largest absolute Gasteiger partial charge is 0.494 e. The summed E-state index contributed by atoms with van der Waals surface area (Å²) in [5.74, 6) is 1.45. The number of methoxy groups -OCH3 is 1. The maximum absolute atomic E-state index is 11.7. The molecule has 0 saturated carbocycles. The molecule has 0 aliphatic carbocycles. The van der Waals surface area contributed by atoms with Gasteiger partial charge in [-0.05, 0) is 128 Å². The number of nitrogens with zero attached hydrogens (tertiary/aromatic N) is 1. The topological polar surface area (TPSA) is 65.1 Å². The first-order valence-electron chi connectivity index (χ1n) is 29.4. The summed E-state index contributed by atoms with van der Waals surface area (Å²) in [6, 6.07) is 53.2. The number of carbonyl (C=O) groups is 2. The minimum Gasteiger partial charge on any atom is -0.494 e. The van der Waals surface area contributed by atoms with Gasteiger partial charge in [0.05, 0.1) is 13.2 Å². The summed E-state index contributed by atoms with van der Waals surface area (Å²) >= 11 is 0. The van der Waals surface area contributed by atoms with Gasteiger partial charge < -0.3 is 14.2 Å². The van der Waals surface area contributed by atoms with Crippen LogP contribution in [0.5, 0.6) is 11.5 Å². The molecule has 0 spiro atoms. The van der Waals surface area contributed by atoms with E-state index in [4.69, 9.17) is 14.2 Å². The number of benzene rings is 6. The third-order valence-corrected chi connectivity index (χ3v) is 21.3. The predicted octanol–water partition coefficient (Wildman–Crippen LogP) is 17.1. The monoisotopic (exact) mass is 1040 g/mol. The van der Waals surface area contributed by atoms with Crippen LogP contribution in [0.25, 0.3) is 55.6 Å². The van der Waals surface area contributed by atoms with Crippen molar-refractivity contribution in [3.63, 3.8) is 0 Å². The molecule has 0 saturated heterocycles. The molecule has 0 bridgehead atoms. The van der Waals surface area contributed by atoms with Crippen LogP contribution in [0.3, 0.4) is 0 Å². The average molecular weight is 1040 g/mol. The van der Waals surface area contributed by atoms with Crippen LogP contribution in [-0.4, -0.2) is 58.3 Å². The van der Waals surface area contributed by atoms with Gasteiger partial charge in [0.15, 0.2) is 0 Å². The first-order chi connectivity index (χ1) is 37.4. The van der Waals surface area contributed by atoms with Crippen molar-refractivity contribution in [3.05, 3.63) is 146 Å². The summed E-state index contributed by atoms with van der Waals surface area (Å²) in [7, 11) is -0.428. The SMILES string of the molecule is CCCCCCCC[Si]1(CCCCCCCC)c2cc(-c3ccc(-c4ccc(OCCCCCCCCN5C(=O)C=CC5=O)cc4)cc3)ccc2-c2ccc(-c3ccc(-c4ccc(OCCCCOC)cc4)cc3)cc21. The van der Waals surface area contributed by atoms with E-state index < -0.39 is 8.07 Å². The van der Waals surface area contributed by atoms with Gasteiger partial charge in [0.1, 0.15) is 19.6 Å². The molecule has 0 aromatic heterocycles. The second kappa shape index (κ2) is 29.5. The first kappa shape index (κ1) is 56.2. The Morgan fingerprint density at radius 1 is 0.368 bits per heavy atom. The number of ether oxygens (including phenoxy) is 3. The fraction of sp³-hybridized carbons (Fsp3) is 0.420. The Labute approximate surface area is 457 Å². The van der Waals surface area contributed by atoms with Crippen molar-refractivity contribution in [2.75, 3.05) is 33.5 Å². The van der Waals surface area contributed by atoms with Gasteiger partial charge in [0.25, 0.3) is 11.8 Å². The van der Waals surface area contributed by atoms with Gasteiger partial charge >= 0.3 is 0 Å². The van der Waals surface area contributed by atoms with E-state index in [0.29, 0.717) is 19.8 Å². The van der Waals surface area contributed by atoms with Crippen LogP contribution in [-0.2, 0) is 14.3 Å². The van der Waals surface area contributed by atoms with Gasteiger partial charge in [0.2, 0.25) is 0 Å². The van der Waals surface area contributed by atoms with E-state index in [1.54, 1.807) is 17.5 Å².